The van der Waals surface area contributed by atoms with E-state index >= 15 is 0 Å². The average Bonchev–Trinajstić information content (AvgIpc) is 3.03. The Hall–Kier alpha value is -2.00. The van der Waals surface area contributed by atoms with Gasteiger partial charge in [-0.2, -0.15) is 0 Å². The zero-order valence-electron chi connectivity index (χ0n) is 8.05. The molecule has 1 aromatic carbocycles. The molecule has 1 aliphatic rings. The molecule has 0 spiro atoms. The van der Waals surface area contributed by atoms with Crippen molar-refractivity contribution in [2.75, 3.05) is 0 Å². The van der Waals surface area contributed by atoms with Crippen molar-refractivity contribution in [1.29, 1.82) is 0 Å². The number of hydrogen-bond acceptors (Lipinski definition) is 2. The Morgan fingerprint density at radius 3 is 2.60 bits per heavy atom. The largest absolute Gasteiger partial charge is 0.349 e. The summed E-state index contributed by atoms with van der Waals surface area (Å²) in [6.07, 6.45) is 2.14. The standard InChI is InChI=1S/C10H10N4O/c11-14-13-9-3-1-7(2-4-9)10(15)12-8-5-6-8/h1-4,8H,5-6H2,(H,12,15). The van der Waals surface area contributed by atoms with E-state index in [0.29, 0.717) is 17.3 Å². The number of rotatable bonds is 3. The molecule has 2 rings (SSSR count). The van der Waals surface area contributed by atoms with Crippen LogP contribution in [0.2, 0.25) is 0 Å². The molecular formula is C10H10N4O. The summed E-state index contributed by atoms with van der Waals surface area (Å²) in [5, 5.41) is 6.31. The molecule has 0 aliphatic heterocycles. The fraction of sp³-hybridized carbons (Fsp3) is 0.300. The molecule has 0 aromatic heterocycles. The molecule has 5 nitrogen and oxygen atoms in total. The van der Waals surface area contributed by atoms with Crippen LogP contribution in [0.5, 0.6) is 0 Å². The SMILES string of the molecule is [N-]=[N+]=Nc1ccc(C(=O)NC2CC2)cc1. The van der Waals surface area contributed by atoms with Crippen molar-refractivity contribution < 1.29 is 4.79 Å². The zero-order chi connectivity index (χ0) is 10.7. The van der Waals surface area contributed by atoms with Gasteiger partial charge in [0.15, 0.2) is 0 Å². The van der Waals surface area contributed by atoms with Crippen LogP contribution in [0.1, 0.15) is 23.2 Å². The minimum absolute atomic E-state index is 0.0648. The van der Waals surface area contributed by atoms with Gasteiger partial charge in [0, 0.05) is 22.2 Å². The summed E-state index contributed by atoms with van der Waals surface area (Å²) in [5.41, 5.74) is 9.31. The van der Waals surface area contributed by atoms with Gasteiger partial charge in [-0.15, -0.1) is 0 Å². The highest BCUT2D eigenvalue weighted by Crippen LogP contribution is 2.20. The number of hydrogen-bond donors (Lipinski definition) is 1. The van der Waals surface area contributed by atoms with Crippen molar-refractivity contribution in [2.24, 2.45) is 5.11 Å². The molecule has 0 unspecified atom stereocenters. The van der Waals surface area contributed by atoms with Crippen molar-refractivity contribution in [3.05, 3.63) is 40.3 Å². The number of amides is 1. The van der Waals surface area contributed by atoms with Crippen LogP contribution in [0.4, 0.5) is 5.69 Å². The number of nitrogens with one attached hydrogen (secondary N) is 1. The monoisotopic (exact) mass is 202 g/mol. The molecular weight excluding hydrogens is 192 g/mol. The van der Waals surface area contributed by atoms with E-state index < -0.39 is 0 Å². The quantitative estimate of drug-likeness (QED) is 0.456. The van der Waals surface area contributed by atoms with E-state index in [-0.39, 0.29) is 5.91 Å². The van der Waals surface area contributed by atoms with Crippen LogP contribution >= 0.6 is 0 Å². The normalized spacial score (nSPS) is 14.1. The molecule has 0 radical (unpaired) electrons. The molecule has 1 aliphatic carbocycles. The molecule has 1 aromatic rings. The van der Waals surface area contributed by atoms with E-state index in [9.17, 15) is 4.79 Å². The first kappa shape index (κ1) is 9.55. The number of nitrogens with zero attached hydrogens (tertiary/aromatic N) is 3. The Morgan fingerprint density at radius 1 is 1.40 bits per heavy atom. The summed E-state index contributed by atoms with van der Waals surface area (Å²) >= 11 is 0. The maximum Gasteiger partial charge on any atom is 0.251 e. The van der Waals surface area contributed by atoms with Gasteiger partial charge < -0.3 is 5.32 Å². The van der Waals surface area contributed by atoms with Gasteiger partial charge in [-0.1, -0.05) is 17.2 Å². The zero-order valence-corrected chi connectivity index (χ0v) is 8.05. The topological polar surface area (TPSA) is 77.9 Å². The summed E-state index contributed by atoms with van der Waals surface area (Å²) in [6, 6.07) is 6.92. The van der Waals surface area contributed by atoms with E-state index in [4.69, 9.17) is 5.53 Å². The van der Waals surface area contributed by atoms with Gasteiger partial charge in [0.2, 0.25) is 0 Å². The van der Waals surface area contributed by atoms with Crippen molar-refractivity contribution in [3.63, 3.8) is 0 Å². The van der Waals surface area contributed by atoms with Crippen molar-refractivity contribution in [3.8, 4) is 0 Å². The Kier molecular flexibility index (Phi) is 2.56. The average molecular weight is 202 g/mol. The molecule has 0 atom stereocenters. The third kappa shape index (κ3) is 2.48. The molecule has 1 N–H and O–H groups in total. The minimum Gasteiger partial charge on any atom is -0.349 e. The highest BCUT2D eigenvalue weighted by atomic mass is 16.1. The first-order valence-electron chi connectivity index (χ1n) is 4.75. The Morgan fingerprint density at radius 2 is 2.07 bits per heavy atom. The molecule has 1 saturated carbocycles. The maximum absolute atomic E-state index is 11.5. The fourth-order valence-corrected chi connectivity index (χ4v) is 1.23. The Balaban J connectivity index is 2.07. The molecule has 1 amide bonds. The number of azide groups is 1. The maximum atomic E-state index is 11.5. The highest BCUT2D eigenvalue weighted by Gasteiger charge is 2.23. The second-order valence-corrected chi connectivity index (χ2v) is 3.48. The second-order valence-electron chi connectivity index (χ2n) is 3.48. The third-order valence-electron chi connectivity index (χ3n) is 2.20. The van der Waals surface area contributed by atoms with Gasteiger partial charge in [0.1, 0.15) is 0 Å². The predicted octanol–water partition coefficient (Wildman–Crippen LogP) is 2.52. The summed E-state index contributed by atoms with van der Waals surface area (Å²) in [4.78, 5) is 14.2. The summed E-state index contributed by atoms with van der Waals surface area (Å²) in [5.74, 6) is -0.0648. The van der Waals surface area contributed by atoms with Gasteiger partial charge in [-0.25, -0.2) is 0 Å². The van der Waals surface area contributed by atoms with E-state index in [1.165, 1.54) is 0 Å². The molecule has 1 fully saturated rings. The first-order valence-corrected chi connectivity index (χ1v) is 4.75. The van der Waals surface area contributed by atoms with Crippen LogP contribution in [0.3, 0.4) is 0 Å². The van der Waals surface area contributed by atoms with Crippen LogP contribution < -0.4 is 5.32 Å². The van der Waals surface area contributed by atoms with Crippen LogP contribution in [0.25, 0.3) is 10.4 Å². The van der Waals surface area contributed by atoms with E-state index in [1.807, 2.05) is 0 Å². The van der Waals surface area contributed by atoms with Crippen LogP contribution in [0, 0.1) is 0 Å². The molecule has 0 bridgehead atoms. The fourth-order valence-electron chi connectivity index (χ4n) is 1.23. The van der Waals surface area contributed by atoms with Gasteiger partial charge >= 0.3 is 0 Å². The molecule has 5 heteroatoms. The van der Waals surface area contributed by atoms with Gasteiger partial charge in [-0.3, -0.25) is 4.79 Å². The predicted molar refractivity (Wildman–Crippen MR) is 55.7 cm³/mol. The van der Waals surface area contributed by atoms with Gasteiger partial charge in [0.25, 0.3) is 5.91 Å². The van der Waals surface area contributed by atoms with Crippen LogP contribution in [0.15, 0.2) is 29.4 Å². The lowest BCUT2D eigenvalue weighted by Gasteiger charge is -2.02. The summed E-state index contributed by atoms with van der Waals surface area (Å²) < 4.78 is 0. The lowest BCUT2D eigenvalue weighted by atomic mass is 10.2. The minimum atomic E-state index is -0.0648. The van der Waals surface area contributed by atoms with Gasteiger partial charge in [-0.05, 0) is 30.5 Å². The van der Waals surface area contributed by atoms with Crippen molar-refractivity contribution in [2.45, 2.75) is 18.9 Å². The van der Waals surface area contributed by atoms with Crippen molar-refractivity contribution >= 4 is 11.6 Å². The number of benzene rings is 1. The summed E-state index contributed by atoms with van der Waals surface area (Å²) in [7, 11) is 0. The molecule has 76 valence electrons. The van der Waals surface area contributed by atoms with Gasteiger partial charge in [0.05, 0.1) is 0 Å². The molecule has 15 heavy (non-hydrogen) atoms. The molecule has 0 heterocycles. The van der Waals surface area contributed by atoms with E-state index in [0.717, 1.165) is 12.8 Å². The lowest BCUT2D eigenvalue weighted by molar-refractivity contribution is 0.0951. The second kappa shape index (κ2) is 4.02. The summed E-state index contributed by atoms with van der Waals surface area (Å²) in [6.45, 7) is 0. The van der Waals surface area contributed by atoms with Crippen LogP contribution in [-0.2, 0) is 0 Å². The number of carbonyl (C=O) groups is 1. The Bertz CT molecular complexity index is 416. The van der Waals surface area contributed by atoms with Crippen LogP contribution in [-0.4, -0.2) is 11.9 Å². The highest BCUT2D eigenvalue weighted by molar-refractivity contribution is 5.94. The van der Waals surface area contributed by atoms with E-state index in [2.05, 4.69) is 15.3 Å². The first-order chi connectivity index (χ1) is 7.29. The van der Waals surface area contributed by atoms with Crippen molar-refractivity contribution in [1.82, 2.24) is 5.32 Å². The Labute approximate surface area is 86.7 Å². The third-order valence-corrected chi connectivity index (χ3v) is 2.20. The lowest BCUT2D eigenvalue weighted by Crippen LogP contribution is -2.25. The number of carbonyl (C=O) groups excluding carboxylic acids is 1. The van der Waals surface area contributed by atoms with E-state index in [1.54, 1.807) is 24.3 Å². The smallest absolute Gasteiger partial charge is 0.251 e. The molecule has 0 saturated heterocycles.